The molecule has 0 aromatic heterocycles. The molecule has 0 aliphatic carbocycles. The van der Waals surface area contributed by atoms with Crippen LogP contribution in [0.3, 0.4) is 0 Å². The molecule has 0 amide bonds. The van der Waals surface area contributed by atoms with E-state index in [0.29, 0.717) is 5.56 Å². The van der Waals surface area contributed by atoms with Gasteiger partial charge in [0.1, 0.15) is 0 Å². The summed E-state index contributed by atoms with van der Waals surface area (Å²) in [4.78, 5) is 16.0. The van der Waals surface area contributed by atoms with Gasteiger partial charge in [-0.25, -0.2) is 4.79 Å². The minimum absolute atomic E-state index is 0.294. The van der Waals surface area contributed by atoms with Crippen molar-refractivity contribution in [2.24, 2.45) is 0 Å². The quantitative estimate of drug-likeness (QED) is 0.263. The number of benzene rings is 3. The van der Waals surface area contributed by atoms with Gasteiger partial charge >= 0.3 is 5.97 Å². The second-order valence-corrected chi connectivity index (χ2v) is 9.71. The highest BCUT2D eigenvalue weighted by atomic mass is 16.6. The molecule has 5 heteroatoms. The number of anilines is 3. The maximum atomic E-state index is 13.7. The van der Waals surface area contributed by atoms with E-state index in [1.54, 1.807) is 0 Å². The van der Waals surface area contributed by atoms with E-state index in [4.69, 9.17) is 16.2 Å². The summed E-state index contributed by atoms with van der Waals surface area (Å²) in [5.41, 5.74) is 22.4. The average molecular weight is 500 g/mol. The Labute approximate surface area is 221 Å². The predicted octanol–water partition coefficient (Wildman–Crippen LogP) is 6.41. The molecule has 4 rings (SSSR count). The van der Waals surface area contributed by atoms with Gasteiger partial charge in [0, 0.05) is 46.8 Å². The summed E-state index contributed by atoms with van der Waals surface area (Å²) in [6, 6.07) is 14.3. The van der Waals surface area contributed by atoms with Gasteiger partial charge in [-0.05, 0) is 86.1 Å². The Morgan fingerprint density at radius 1 is 0.676 bits per heavy atom. The number of carbonyl (C=O) groups excluding carboxylic acids is 1. The Morgan fingerprint density at radius 3 is 1.57 bits per heavy atom. The monoisotopic (exact) mass is 499 g/mol. The van der Waals surface area contributed by atoms with Crippen molar-refractivity contribution in [3.05, 3.63) is 87.0 Å². The average Bonchev–Trinajstić information content (AvgIpc) is 3.20. The minimum Gasteiger partial charge on any atom is -0.441 e. The van der Waals surface area contributed by atoms with Crippen LogP contribution in [0, 0.1) is 0 Å². The number of rotatable bonds is 9. The lowest BCUT2D eigenvalue weighted by Gasteiger charge is -2.35. The Kier molecular flexibility index (Phi) is 7.54. The number of fused-ring (bicyclic) bond motifs is 1. The minimum atomic E-state index is -1.07. The van der Waals surface area contributed by atoms with Crippen LogP contribution in [-0.4, -0.2) is 19.1 Å². The van der Waals surface area contributed by atoms with E-state index in [1.807, 2.05) is 18.2 Å². The van der Waals surface area contributed by atoms with Gasteiger partial charge in [-0.15, -0.1) is 0 Å². The van der Waals surface area contributed by atoms with Gasteiger partial charge in [0.2, 0.25) is 0 Å². The number of nitrogens with zero attached hydrogens (tertiary/aromatic N) is 1. The fraction of sp³-hybridized carbons (Fsp3) is 0.406. The van der Waals surface area contributed by atoms with Crippen molar-refractivity contribution >= 4 is 23.0 Å². The Balaban J connectivity index is 2.15. The van der Waals surface area contributed by atoms with Crippen LogP contribution in [-0.2, 0) is 36.0 Å². The number of hydrogen-bond acceptors (Lipinski definition) is 5. The van der Waals surface area contributed by atoms with Gasteiger partial charge in [-0.3, -0.25) is 0 Å². The molecule has 0 saturated heterocycles. The summed E-state index contributed by atoms with van der Waals surface area (Å²) in [6.45, 7) is 14.5. The lowest BCUT2D eigenvalue weighted by molar-refractivity contribution is 0.0246. The maximum Gasteiger partial charge on any atom is 0.340 e. The molecule has 0 unspecified atom stereocenters. The fourth-order valence-electron chi connectivity index (χ4n) is 6.31. The predicted molar refractivity (Wildman–Crippen MR) is 155 cm³/mol. The zero-order valence-corrected chi connectivity index (χ0v) is 23.2. The zero-order chi connectivity index (χ0) is 26.9. The van der Waals surface area contributed by atoms with Crippen LogP contribution >= 0.6 is 0 Å². The molecule has 1 aliphatic rings. The van der Waals surface area contributed by atoms with Crippen molar-refractivity contribution in [2.75, 3.05) is 29.5 Å². The Morgan fingerprint density at radius 2 is 1.14 bits per heavy atom. The van der Waals surface area contributed by atoms with Gasteiger partial charge in [-0.2, -0.15) is 0 Å². The third kappa shape index (κ3) is 4.05. The first-order valence-electron chi connectivity index (χ1n) is 13.8. The van der Waals surface area contributed by atoms with Crippen LogP contribution in [0.15, 0.2) is 42.5 Å². The molecule has 196 valence electrons. The normalized spacial score (nSPS) is 13.9. The van der Waals surface area contributed by atoms with E-state index in [2.05, 4.69) is 70.7 Å². The van der Waals surface area contributed by atoms with Crippen LogP contribution < -0.4 is 16.4 Å². The van der Waals surface area contributed by atoms with Crippen molar-refractivity contribution in [3.63, 3.8) is 0 Å². The zero-order valence-electron chi connectivity index (χ0n) is 23.2. The van der Waals surface area contributed by atoms with Gasteiger partial charge < -0.3 is 21.1 Å². The van der Waals surface area contributed by atoms with Crippen LogP contribution in [0.2, 0.25) is 0 Å². The molecule has 0 saturated carbocycles. The molecule has 3 aromatic carbocycles. The van der Waals surface area contributed by atoms with Crippen LogP contribution in [0.1, 0.15) is 90.8 Å². The third-order valence-corrected chi connectivity index (χ3v) is 8.08. The first-order valence-corrected chi connectivity index (χ1v) is 13.8. The molecule has 0 fully saturated rings. The second-order valence-electron chi connectivity index (χ2n) is 9.71. The number of nitrogen functional groups attached to an aromatic ring is 2. The van der Waals surface area contributed by atoms with E-state index < -0.39 is 5.60 Å². The Hall–Kier alpha value is -3.47. The van der Waals surface area contributed by atoms with Crippen molar-refractivity contribution < 1.29 is 9.53 Å². The first-order chi connectivity index (χ1) is 17.8. The summed E-state index contributed by atoms with van der Waals surface area (Å²) in [5.74, 6) is -0.294. The third-order valence-electron chi connectivity index (χ3n) is 8.08. The lowest BCUT2D eigenvalue weighted by atomic mass is 9.73. The second kappa shape index (κ2) is 10.5. The van der Waals surface area contributed by atoms with Crippen molar-refractivity contribution in [1.29, 1.82) is 0 Å². The molecular formula is C32H41N3O2. The lowest BCUT2D eigenvalue weighted by Crippen LogP contribution is -2.33. The van der Waals surface area contributed by atoms with E-state index in [9.17, 15) is 4.79 Å². The van der Waals surface area contributed by atoms with Crippen molar-refractivity contribution in [3.8, 4) is 0 Å². The number of cyclic esters (lactones) is 1. The largest absolute Gasteiger partial charge is 0.441 e. The smallest absolute Gasteiger partial charge is 0.340 e. The van der Waals surface area contributed by atoms with Crippen LogP contribution in [0.25, 0.3) is 0 Å². The van der Waals surface area contributed by atoms with Crippen molar-refractivity contribution in [2.45, 2.75) is 72.8 Å². The SMILES string of the molecule is CCc1c(N)ccc(C2(c3ccc(N)c(CC)c3CC)OC(=O)c3cc(N(CC)CC)ccc32)c1CC. The molecule has 0 radical (unpaired) electrons. The number of esters is 1. The summed E-state index contributed by atoms with van der Waals surface area (Å²) in [7, 11) is 0. The summed E-state index contributed by atoms with van der Waals surface area (Å²) in [5, 5.41) is 0. The molecule has 37 heavy (non-hydrogen) atoms. The summed E-state index contributed by atoms with van der Waals surface area (Å²) in [6.07, 6.45) is 3.19. The number of ether oxygens (including phenoxy) is 1. The topological polar surface area (TPSA) is 81.6 Å². The van der Waals surface area contributed by atoms with E-state index in [0.717, 1.165) is 94.8 Å². The molecule has 3 aromatic rings. The number of nitrogens with two attached hydrogens (primary N) is 2. The summed E-state index contributed by atoms with van der Waals surface area (Å²) < 4.78 is 6.62. The fourth-order valence-corrected chi connectivity index (χ4v) is 6.31. The molecule has 0 atom stereocenters. The van der Waals surface area contributed by atoms with E-state index in [-0.39, 0.29) is 5.97 Å². The molecule has 4 N–H and O–H groups in total. The number of carbonyl (C=O) groups is 1. The van der Waals surface area contributed by atoms with Crippen LogP contribution in [0.4, 0.5) is 17.1 Å². The highest BCUT2D eigenvalue weighted by molar-refractivity contribution is 5.98. The number of hydrogen-bond donors (Lipinski definition) is 2. The maximum absolute atomic E-state index is 13.7. The molecule has 5 nitrogen and oxygen atoms in total. The molecule has 0 spiro atoms. The van der Waals surface area contributed by atoms with Gasteiger partial charge in [-0.1, -0.05) is 45.9 Å². The molecule has 1 heterocycles. The van der Waals surface area contributed by atoms with Gasteiger partial charge in [0.25, 0.3) is 0 Å². The highest BCUT2D eigenvalue weighted by Gasteiger charge is 2.51. The molecule has 0 bridgehead atoms. The van der Waals surface area contributed by atoms with Crippen LogP contribution in [0.5, 0.6) is 0 Å². The van der Waals surface area contributed by atoms with Gasteiger partial charge in [0.15, 0.2) is 5.60 Å². The van der Waals surface area contributed by atoms with Crippen molar-refractivity contribution in [1.82, 2.24) is 0 Å². The molecule has 1 aliphatic heterocycles. The molecular weight excluding hydrogens is 458 g/mol. The summed E-state index contributed by atoms with van der Waals surface area (Å²) >= 11 is 0. The van der Waals surface area contributed by atoms with E-state index >= 15 is 0 Å². The van der Waals surface area contributed by atoms with E-state index in [1.165, 1.54) is 0 Å². The standard InChI is InChI=1S/C32H41N3O2/c1-7-21-23(9-3)29(33)17-15-26(21)32(27-16-18-30(34)24(10-4)22(27)8-2)28-14-13-20(35(11-5)12-6)19-25(28)31(36)37-32/h13-19H,7-12,33-34H2,1-6H3. The highest BCUT2D eigenvalue weighted by Crippen LogP contribution is 2.51. The van der Waals surface area contributed by atoms with Gasteiger partial charge in [0.05, 0.1) is 5.56 Å². The first kappa shape index (κ1) is 26.6. The Bertz CT molecular complexity index is 1260.